The van der Waals surface area contributed by atoms with Crippen molar-refractivity contribution in [2.24, 2.45) is 0 Å². The molecule has 0 aliphatic carbocycles. The van der Waals surface area contributed by atoms with Gasteiger partial charge in [-0.2, -0.15) is 0 Å². The quantitative estimate of drug-likeness (QED) is 0.566. The summed E-state index contributed by atoms with van der Waals surface area (Å²) in [6, 6.07) is 19.3. The van der Waals surface area contributed by atoms with Crippen molar-refractivity contribution in [1.29, 1.82) is 0 Å². The van der Waals surface area contributed by atoms with Crippen LogP contribution in [0.15, 0.2) is 71.6 Å². The Morgan fingerprint density at radius 1 is 0.914 bits per heavy atom. The van der Waals surface area contributed by atoms with E-state index in [1.165, 1.54) is 0 Å². The molecule has 0 bridgehead atoms. The maximum atomic E-state index is 13.3. The van der Waals surface area contributed by atoms with Gasteiger partial charge in [0.05, 0.1) is 16.1 Å². The summed E-state index contributed by atoms with van der Waals surface area (Å²) in [5, 5.41) is 0. The number of rotatable bonds is 6. The first-order valence-electron chi connectivity index (χ1n) is 11.5. The fraction of sp³-hybridized carbons (Fsp3) is 0.269. The number of anilines is 1. The maximum absolute atomic E-state index is 13.3. The number of ether oxygens (including phenoxy) is 2. The summed E-state index contributed by atoms with van der Waals surface area (Å²) in [6.07, 6.45) is 0. The second kappa shape index (κ2) is 9.59. The zero-order valence-corrected chi connectivity index (χ0v) is 20.3. The van der Waals surface area contributed by atoms with Gasteiger partial charge >= 0.3 is 0 Å². The van der Waals surface area contributed by atoms with Crippen LogP contribution in [0.4, 0.5) is 5.69 Å². The van der Waals surface area contributed by atoms with Crippen LogP contribution in [0, 0.1) is 6.92 Å². The highest BCUT2D eigenvalue weighted by atomic mass is 32.2. The molecule has 2 aliphatic heterocycles. The van der Waals surface area contributed by atoms with Crippen molar-refractivity contribution < 1.29 is 22.7 Å². The normalized spacial score (nSPS) is 15.7. The van der Waals surface area contributed by atoms with E-state index in [9.17, 15) is 13.2 Å². The molecule has 0 atom stereocenters. The van der Waals surface area contributed by atoms with Gasteiger partial charge in [-0.1, -0.05) is 35.9 Å². The number of piperazine rings is 1. The molecule has 1 saturated heterocycles. The first-order chi connectivity index (χ1) is 16.9. The molecule has 2 aliphatic rings. The van der Waals surface area contributed by atoms with Gasteiger partial charge < -0.3 is 14.4 Å². The predicted octanol–water partition coefficient (Wildman–Crippen LogP) is 3.48. The van der Waals surface area contributed by atoms with Crippen molar-refractivity contribution in [2.45, 2.75) is 18.4 Å². The monoisotopic (exact) mass is 493 g/mol. The molecule has 3 aromatic carbocycles. The molecule has 2 heterocycles. The summed E-state index contributed by atoms with van der Waals surface area (Å²) >= 11 is 0. The number of amides is 1. The van der Waals surface area contributed by atoms with Crippen molar-refractivity contribution in [3.63, 3.8) is 0 Å². The minimum Gasteiger partial charge on any atom is -0.454 e. The molecule has 1 N–H and O–H groups in total. The highest BCUT2D eigenvalue weighted by Gasteiger charge is 2.26. The molecule has 182 valence electrons. The van der Waals surface area contributed by atoms with Crippen LogP contribution in [0.2, 0.25) is 0 Å². The molecular formula is C26H27N3O5S. The number of aryl methyl sites for hydroxylation is 1. The van der Waals surface area contributed by atoms with Gasteiger partial charge in [0, 0.05) is 32.7 Å². The summed E-state index contributed by atoms with van der Waals surface area (Å²) in [7, 11) is -3.81. The standard InChI is InChI=1S/C26H27N3O5S/c1-19-6-9-21(10-7-19)35(31,32)27-23-5-3-2-4-22(23)26(30)29-14-12-28(13-15-29)17-20-8-11-24-25(16-20)34-18-33-24/h2-11,16,27H,12-15,17-18H2,1H3. The lowest BCUT2D eigenvalue weighted by Crippen LogP contribution is -2.48. The Balaban J connectivity index is 1.24. The number of benzene rings is 3. The minimum absolute atomic E-state index is 0.155. The second-order valence-corrected chi connectivity index (χ2v) is 10.4. The third-order valence-electron chi connectivity index (χ3n) is 6.24. The van der Waals surface area contributed by atoms with Gasteiger partial charge in [0.25, 0.3) is 15.9 Å². The highest BCUT2D eigenvalue weighted by Crippen LogP contribution is 2.33. The lowest BCUT2D eigenvalue weighted by Gasteiger charge is -2.35. The molecule has 0 saturated carbocycles. The van der Waals surface area contributed by atoms with Crippen LogP contribution in [-0.2, 0) is 16.6 Å². The van der Waals surface area contributed by atoms with Crippen LogP contribution in [0.3, 0.4) is 0 Å². The number of nitrogens with one attached hydrogen (secondary N) is 1. The van der Waals surface area contributed by atoms with Crippen molar-refractivity contribution in [3.05, 3.63) is 83.4 Å². The summed E-state index contributed by atoms with van der Waals surface area (Å²) in [5.74, 6) is 1.34. The molecule has 3 aromatic rings. The molecule has 0 spiro atoms. The zero-order valence-electron chi connectivity index (χ0n) is 19.4. The largest absolute Gasteiger partial charge is 0.454 e. The summed E-state index contributed by atoms with van der Waals surface area (Å²) < 4.78 is 39.2. The highest BCUT2D eigenvalue weighted by molar-refractivity contribution is 7.92. The SMILES string of the molecule is Cc1ccc(S(=O)(=O)Nc2ccccc2C(=O)N2CCN(Cc3ccc4c(c3)OCO4)CC2)cc1. The number of hydrogen-bond acceptors (Lipinski definition) is 6. The minimum atomic E-state index is -3.81. The van der Waals surface area contributed by atoms with Gasteiger partial charge in [-0.15, -0.1) is 0 Å². The van der Waals surface area contributed by atoms with E-state index < -0.39 is 10.0 Å². The van der Waals surface area contributed by atoms with Gasteiger partial charge in [-0.3, -0.25) is 14.4 Å². The molecule has 1 amide bonds. The van der Waals surface area contributed by atoms with Crippen molar-refractivity contribution in [2.75, 3.05) is 37.7 Å². The molecule has 1 fully saturated rings. The summed E-state index contributed by atoms with van der Waals surface area (Å²) in [5.41, 5.74) is 2.72. The predicted molar refractivity (Wildman–Crippen MR) is 132 cm³/mol. The van der Waals surface area contributed by atoms with E-state index in [1.54, 1.807) is 53.4 Å². The summed E-state index contributed by atoms with van der Waals surface area (Å²) in [4.78, 5) is 17.5. The molecule has 9 heteroatoms. The molecule has 5 rings (SSSR count). The van der Waals surface area contributed by atoms with E-state index in [-0.39, 0.29) is 23.3 Å². The van der Waals surface area contributed by atoms with Gasteiger partial charge in [0.15, 0.2) is 11.5 Å². The Hall–Kier alpha value is -3.56. The van der Waals surface area contributed by atoms with E-state index in [2.05, 4.69) is 9.62 Å². The van der Waals surface area contributed by atoms with E-state index in [4.69, 9.17) is 9.47 Å². The maximum Gasteiger partial charge on any atom is 0.261 e. The molecular weight excluding hydrogens is 466 g/mol. The molecule has 0 aromatic heterocycles. The van der Waals surface area contributed by atoms with Crippen LogP contribution in [-0.4, -0.2) is 57.1 Å². The van der Waals surface area contributed by atoms with Gasteiger partial charge in [-0.25, -0.2) is 8.42 Å². The van der Waals surface area contributed by atoms with E-state index in [0.717, 1.165) is 42.3 Å². The second-order valence-electron chi connectivity index (χ2n) is 8.72. The van der Waals surface area contributed by atoms with Gasteiger partial charge in [-0.05, 0) is 48.9 Å². The number of para-hydroxylation sites is 1. The van der Waals surface area contributed by atoms with Crippen LogP contribution in [0.1, 0.15) is 21.5 Å². The molecule has 35 heavy (non-hydrogen) atoms. The fourth-order valence-electron chi connectivity index (χ4n) is 4.26. The lowest BCUT2D eigenvalue weighted by atomic mass is 10.1. The fourth-order valence-corrected chi connectivity index (χ4v) is 5.34. The van der Waals surface area contributed by atoms with E-state index >= 15 is 0 Å². The van der Waals surface area contributed by atoms with Crippen LogP contribution >= 0.6 is 0 Å². The number of carbonyl (C=O) groups excluding carboxylic acids is 1. The van der Waals surface area contributed by atoms with Gasteiger partial charge in [0.2, 0.25) is 6.79 Å². The summed E-state index contributed by atoms with van der Waals surface area (Å²) in [6.45, 7) is 5.46. The molecule has 0 unspecified atom stereocenters. The van der Waals surface area contributed by atoms with Gasteiger partial charge in [0.1, 0.15) is 0 Å². The van der Waals surface area contributed by atoms with E-state index in [1.807, 2.05) is 25.1 Å². The topological polar surface area (TPSA) is 88.2 Å². The molecule has 8 nitrogen and oxygen atoms in total. The number of nitrogens with zero attached hydrogens (tertiary/aromatic N) is 2. The van der Waals surface area contributed by atoms with E-state index in [0.29, 0.717) is 18.7 Å². The average Bonchev–Trinajstić information content (AvgIpc) is 3.32. The van der Waals surface area contributed by atoms with Crippen LogP contribution in [0.25, 0.3) is 0 Å². The number of fused-ring (bicyclic) bond motifs is 1. The average molecular weight is 494 g/mol. The third kappa shape index (κ3) is 5.11. The Kier molecular flexibility index (Phi) is 6.36. The van der Waals surface area contributed by atoms with Crippen molar-refractivity contribution in [1.82, 2.24) is 9.80 Å². The first kappa shape index (κ1) is 23.2. The molecule has 0 radical (unpaired) electrons. The number of carbonyl (C=O) groups is 1. The number of hydrogen-bond donors (Lipinski definition) is 1. The Morgan fingerprint density at radius 2 is 1.63 bits per heavy atom. The van der Waals surface area contributed by atoms with Crippen molar-refractivity contribution >= 4 is 21.6 Å². The lowest BCUT2D eigenvalue weighted by molar-refractivity contribution is 0.0629. The Morgan fingerprint density at radius 3 is 2.40 bits per heavy atom. The smallest absolute Gasteiger partial charge is 0.261 e. The van der Waals surface area contributed by atoms with Crippen LogP contribution in [0.5, 0.6) is 11.5 Å². The number of sulfonamides is 1. The third-order valence-corrected chi connectivity index (χ3v) is 7.62. The van der Waals surface area contributed by atoms with Crippen LogP contribution < -0.4 is 14.2 Å². The Labute approximate surface area is 205 Å². The zero-order chi connectivity index (χ0) is 24.4. The first-order valence-corrected chi connectivity index (χ1v) is 13.0. The Bertz CT molecular complexity index is 1330. The van der Waals surface area contributed by atoms with Crippen molar-refractivity contribution in [3.8, 4) is 11.5 Å².